The molecule has 0 bridgehead atoms. The lowest BCUT2D eigenvalue weighted by Crippen LogP contribution is -2.39. The number of likely N-dealkylation sites (tertiary alicyclic amines) is 1. The lowest BCUT2D eigenvalue weighted by atomic mass is 9.91. The van der Waals surface area contributed by atoms with Gasteiger partial charge in [-0.15, -0.1) is 0 Å². The summed E-state index contributed by atoms with van der Waals surface area (Å²) in [4.78, 5) is 31.8. The Morgan fingerprint density at radius 2 is 1.70 bits per heavy atom. The van der Waals surface area contributed by atoms with Crippen molar-refractivity contribution < 1.29 is 9.18 Å². The number of aromatic nitrogens is 3. The van der Waals surface area contributed by atoms with Gasteiger partial charge in [-0.25, -0.2) is 9.49 Å². The summed E-state index contributed by atoms with van der Waals surface area (Å²) in [5.41, 5.74) is 3.84. The van der Waals surface area contributed by atoms with Crippen LogP contribution in [0.5, 0.6) is 0 Å². The summed E-state index contributed by atoms with van der Waals surface area (Å²) < 4.78 is 13.3. The molecule has 0 radical (unpaired) electrons. The summed E-state index contributed by atoms with van der Waals surface area (Å²) in [5, 5.41) is 7.52. The average molecular weight is 442 g/mol. The SMILES string of the molecule is Cc1cc(-c2ccc(F)cc2)cc(C2CCN(C(=O)c3n[nH]c(=O)c4ccccc34)CC2)n1. The minimum Gasteiger partial charge on any atom is -0.337 e. The number of aryl methyl sites for hydroxylation is 1. The van der Waals surface area contributed by atoms with Crippen molar-refractivity contribution in [3.63, 3.8) is 0 Å². The molecule has 1 N–H and O–H groups in total. The standard InChI is InChI=1S/C26H23FN4O2/c1-16-14-19(17-6-8-20(27)9-7-17)15-23(28-16)18-10-12-31(13-11-18)26(33)24-21-4-2-3-5-22(21)25(32)30-29-24/h2-9,14-15,18H,10-13H2,1H3,(H,30,32). The predicted octanol–water partition coefficient (Wildman–Crippen LogP) is 4.45. The van der Waals surface area contributed by atoms with Gasteiger partial charge in [-0.3, -0.25) is 14.6 Å². The molecule has 0 unspecified atom stereocenters. The van der Waals surface area contributed by atoms with Crippen LogP contribution in [0.15, 0.2) is 65.5 Å². The molecule has 2 aromatic heterocycles. The Morgan fingerprint density at radius 3 is 2.42 bits per heavy atom. The van der Waals surface area contributed by atoms with Crippen LogP contribution in [0.25, 0.3) is 21.9 Å². The molecule has 166 valence electrons. The molecular weight excluding hydrogens is 419 g/mol. The van der Waals surface area contributed by atoms with E-state index in [1.807, 2.05) is 13.0 Å². The molecule has 5 rings (SSSR count). The molecular formula is C26H23FN4O2. The molecule has 0 atom stereocenters. The summed E-state index contributed by atoms with van der Waals surface area (Å²) in [6.07, 6.45) is 1.57. The lowest BCUT2D eigenvalue weighted by molar-refractivity contribution is 0.0707. The Labute approximate surface area is 190 Å². The number of pyridine rings is 1. The molecule has 1 saturated heterocycles. The maximum atomic E-state index is 13.3. The monoisotopic (exact) mass is 442 g/mol. The fourth-order valence-electron chi connectivity index (χ4n) is 4.52. The largest absolute Gasteiger partial charge is 0.337 e. The average Bonchev–Trinajstić information content (AvgIpc) is 2.84. The second-order valence-electron chi connectivity index (χ2n) is 8.44. The van der Waals surface area contributed by atoms with Gasteiger partial charge >= 0.3 is 0 Å². The number of piperidine rings is 1. The van der Waals surface area contributed by atoms with Gasteiger partial charge < -0.3 is 4.90 Å². The van der Waals surface area contributed by atoms with Crippen LogP contribution in [0.2, 0.25) is 0 Å². The summed E-state index contributed by atoms with van der Waals surface area (Å²) >= 11 is 0. The first kappa shape index (κ1) is 21.0. The van der Waals surface area contributed by atoms with Crippen LogP contribution < -0.4 is 5.56 Å². The highest BCUT2D eigenvalue weighted by Crippen LogP contribution is 2.31. The number of amides is 1. The third-order valence-electron chi connectivity index (χ3n) is 6.25. The van der Waals surface area contributed by atoms with E-state index in [1.165, 1.54) is 12.1 Å². The van der Waals surface area contributed by atoms with Gasteiger partial charge in [0, 0.05) is 35.8 Å². The summed E-state index contributed by atoms with van der Waals surface area (Å²) in [6, 6.07) is 17.6. The number of halogens is 1. The van der Waals surface area contributed by atoms with Gasteiger partial charge in [0.05, 0.1) is 5.39 Å². The third kappa shape index (κ3) is 4.14. The number of H-pyrrole nitrogens is 1. The second kappa shape index (κ2) is 8.58. The summed E-state index contributed by atoms with van der Waals surface area (Å²) in [6.45, 7) is 3.13. The van der Waals surface area contributed by atoms with Crippen LogP contribution >= 0.6 is 0 Å². The van der Waals surface area contributed by atoms with E-state index in [2.05, 4.69) is 16.3 Å². The molecule has 2 aromatic carbocycles. The van der Waals surface area contributed by atoms with Gasteiger partial charge in [0.1, 0.15) is 5.82 Å². The fourth-order valence-corrected chi connectivity index (χ4v) is 4.52. The third-order valence-corrected chi connectivity index (χ3v) is 6.25. The molecule has 1 fully saturated rings. The van der Waals surface area contributed by atoms with E-state index < -0.39 is 0 Å². The number of rotatable bonds is 3. The van der Waals surface area contributed by atoms with Crippen LogP contribution in [-0.4, -0.2) is 39.1 Å². The van der Waals surface area contributed by atoms with Gasteiger partial charge in [-0.05, 0) is 61.2 Å². The van der Waals surface area contributed by atoms with Gasteiger partial charge in [0.15, 0.2) is 5.69 Å². The van der Waals surface area contributed by atoms with E-state index in [9.17, 15) is 14.0 Å². The maximum absolute atomic E-state index is 13.3. The molecule has 0 aliphatic carbocycles. The van der Waals surface area contributed by atoms with Crippen molar-refractivity contribution >= 4 is 16.7 Å². The van der Waals surface area contributed by atoms with Crippen molar-refractivity contribution in [2.75, 3.05) is 13.1 Å². The molecule has 4 aromatic rings. The molecule has 6 nitrogen and oxygen atoms in total. The van der Waals surface area contributed by atoms with Crippen molar-refractivity contribution in [3.8, 4) is 11.1 Å². The maximum Gasteiger partial charge on any atom is 0.274 e. The normalized spacial score (nSPS) is 14.5. The van der Waals surface area contributed by atoms with Crippen molar-refractivity contribution in [3.05, 3.63) is 93.9 Å². The van der Waals surface area contributed by atoms with Crippen molar-refractivity contribution in [2.24, 2.45) is 0 Å². The Morgan fingerprint density at radius 1 is 1.00 bits per heavy atom. The number of aromatic amines is 1. The topological polar surface area (TPSA) is 79.0 Å². The lowest BCUT2D eigenvalue weighted by Gasteiger charge is -2.32. The Hall–Kier alpha value is -3.87. The highest BCUT2D eigenvalue weighted by molar-refractivity contribution is 6.04. The minimum absolute atomic E-state index is 0.176. The molecule has 33 heavy (non-hydrogen) atoms. The first-order chi connectivity index (χ1) is 16.0. The highest BCUT2D eigenvalue weighted by atomic mass is 19.1. The number of benzene rings is 2. The molecule has 1 aliphatic heterocycles. The molecule has 7 heteroatoms. The number of nitrogens with one attached hydrogen (secondary N) is 1. The zero-order valence-electron chi connectivity index (χ0n) is 18.2. The first-order valence-corrected chi connectivity index (χ1v) is 11.0. The summed E-state index contributed by atoms with van der Waals surface area (Å²) in [7, 11) is 0. The van der Waals surface area contributed by atoms with Crippen LogP contribution in [0.3, 0.4) is 0 Å². The fraction of sp³-hybridized carbons (Fsp3) is 0.231. The molecule has 0 spiro atoms. The zero-order valence-corrected chi connectivity index (χ0v) is 18.2. The Balaban J connectivity index is 1.35. The highest BCUT2D eigenvalue weighted by Gasteiger charge is 2.27. The number of hydrogen-bond acceptors (Lipinski definition) is 4. The molecule has 1 aliphatic rings. The van der Waals surface area contributed by atoms with E-state index >= 15 is 0 Å². The summed E-state index contributed by atoms with van der Waals surface area (Å²) in [5.74, 6) is -0.204. The minimum atomic E-state index is -0.302. The van der Waals surface area contributed by atoms with Crippen LogP contribution in [-0.2, 0) is 0 Å². The van der Waals surface area contributed by atoms with Gasteiger partial charge in [-0.2, -0.15) is 5.10 Å². The van der Waals surface area contributed by atoms with E-state index in [0.717, 1.165) is 35.4 Å². The van der Waals surface area contributed by atoms with Gasteiger partial charge in [0.25, 0.3) is 11.5 Å². The Kier molecular flexibility index (Phi) is 5.46. The number of carbonyl (C=O) groups excluding carboxylic acids is 1. The molecule has 0 saturated carbocycles. The van der Waals surface area contributed by atoms with E-state index in [4.69, 9.17) is 4.98 Å². The van der Waals surface area contributed by atoms with E-state index in [-0.39, 0.29) is 28.9 Å². The van der Waals surface area contributed by atoms with E-state index in [0.29, 0.717) is 23.9 Å². The number of carbonyl (C=O) groups is 1. The van der Waals surface area contributed by atoms with E-state index in [1.54, 1.807) is 41.3 Å². The Bertz CT molecular complexity index is 1390. The number of hydrogen-bond donors (Lipinski definition) is 1. The zero-order chi connectivity index (χ0) is 22.9. The second-order valence-corrected chi connectivity index (χ2v) is 8.44. The first-order valence-electron chi connectivity index (χ1n) is 11.0. The number of fused-ring (bicyclic) bond motifs is 1. The van der Waals surface area contributed by atoms with Crippen molar-refractivity contribution in [1.82, 2.24) is 20.1 Å². The smallest absolute Gasteiger partial charge is 0.274 e. The number of nitrogens with zero attached hydrogens (tertiary/aromatic N) is 3. The quantitative estimate of drug-likeness (QED) is 0.508. The van der Waals surface area contributed by atoms with Crippen LogP contribution in [0, 0.1) is 12.7 Å². The van der Waals surface area contributed by atoms with Crippen molar-refractivity contribution in [1.29, 1.82) is 0 Å². The van der Waals surface area contributed by atoms with Crippen LogP contribution in [0.1, 0.15) is 40.6 Å². The molecule has 3 heterocycles. The van der Waals surface area contributed by atoms with Crippen LogP contribution in [0.4, 0.5) is 4.39 Å². The molecule has 1 amide bonds. The predicted molar refractivity (Wildman–Crippen MR) is 125 cm³/mol. The van der Waals surface area contributed by atoms with Gasteiger partial charge in [0.2, 0.25) is 0 Å². The van der Waals surface area contributed by atoms with Crippen molar-refractivity contribution in [2.45, 2.75) is 25.7 Å². The van der Waals surface area contributed by atoms with Gasteiger partial charge in [-0.1, -0.05) is 30.3 Å².